The number of phenolic OH excluding ortho intramolecular Hbond substituents is 2. The van der Waals surface area contributed by atoms with E-state index >= 15 is 0 Å². The summed E-state index contributed by atoms with van der Waals surface area (Å²) in [4.78, 5) is 0. The minimum absolute atomic E-state index is 0.215. The van der Waals surface area contributed by atoms with Crippen molar-refractivity contribution in [1.29, 1.82) is 0 Å². The van der Waals surface area contributed by atoms with Gasteiger partial charge in [-0.05, 0) is 29.1 Å². The van der Waals surface area contributed by atoms with Gasteiger partial charge in [0.25, 0.3) is 0 Å². The number of fused-ring (bicyclic) bond motifs is 1. The molecular formula is C16H12O2. The average molecular weight is 236 g/mol. The predicted octanol–water partition coefficient (Wildman–Crippen LogP) is 3.92. The average Bonchev–Trinajstić information content (AvgIpc) is 2.39. The van der Waals surface area contributed by atoms with Crippen molar-refractivity contribution in [2.75, 3.05) is 0 Å². The van der Waals surface area contributed by atoms with Crippen molar-refractivity contribution in [3.63, 3.8) is 0 Å². The topological polar surface area (TPSA) is 40.5 Å². The summed E-state index contributed by atoms with van der Waals surface area (Å²) >= 11 is 0. The fourth-order valence-corrected chi connectivity index (χ4v) is 2.16. The largest absolute Gasteiger partial charge is 0.507 e. The van der Waals surface area contributed by atoms with Gasteiger partial charge in [0.15, 0.2) is 0 Å². The van der Waals surface area contributed by atoms with E-state index in [1.807, 2.05) is 42.5 Å². The molecule has 3 aromatic rings. The maximum absolute atomic E-state index is 10.0. The Kier molecular flexibility index (Phi) is 2.41. The Morgan fingerprint density at radius 3 is 2.22 bits per heavy atom. The van der Waals surface area contributed by atoms with E-state index in [1.54, 1.807) is 18.2 Å². The molecule has 88 valence electrons. The molecule has 2 nitrogen and oxygen atoms in total. The Hall–Kier alpha value is -2.48. The zero-order chi connectivity index (χ0) is 12.5. The molecule has 2 N–H and O–H groups in total. The van der Waals surface area contributed by atoms with Crippen LogP contribution in [0.15, 0.2) is 60.7 Å². The van der Waals surface area contributed by atoms with Gasteiger partial charge in [-0.2, -0.15) is 0 Å². The Labute approximate surface area is 105 Å². The standard InChI is InChI=1S/C16H12O2/c17-15-8-4-3-7-14(15)12-9-11-5-1-2-6-13(11)16(18)10-12/h1-10,17-18H. The number of phenols is 2. The van der Waals surface area contributed by atoms with Gasteiger partial charge in [-0.1, -0.05) is 42.5 Å². The number of hydrogen-bond donors (Lipinski definition) is 2. The number of benzene rings is 3. The molecule has 3 rings (SSSR count). The molecule has 0 aromatic heterocycles. The van der Waals surface area contributed by atoms with Crippen LogP contribution in [0, 0.1) is 0 Å². The van der Waals surface area contributed by atoms with Crippen molar-refractivity contribution in [2.24, 2.45) is 0 Å². The van der Waals surface area contributed by atoms with Crippen LogP contribution in [0.25, 0.3) is 21.9 Å². The lowest BCUT2D eigenvalue weighted by molar-refractivity contribution is 0.476. The zero-order valence-electron chi connectivity index (χ0n) is 9.67. The van der Waals surface area contributed by atoms with Crippen molar-refractivity contribution >= 4 is 10.8 Å². The van der Waals surface area contributed by atoms with E-state index in [4.69, 9.17) is 0 Å². The van der Waals surface area contributed by atoms with Gasteiger partial charge in [0.1, 0.15) is 11.5 Å². The fraction of sp³-hybridized carbons (Fsp3) is 0. The van der Waals surface area contributed by atoms with Gasteiger partial charge in [0.05, 0.1) is 0 Å². The van der Waals surface area contributed by atoms with Crippen LogP contribution < -0.4 is 0 Å². The van der Waals surface area contributed by atoms with Crippen molar-refractivity contribution in [3.8, 4) is 22.6 Å². The quantitative estimate of drug-likeness (QED) is 0.672. The monoisotopic (exact) mass is 236 g/mol. The first-order valence-electron chi connectivity index (χ1n) is 5.76. The SMILES string of the molecule is Oc1ccccc1-c1cc(O)c2ccccc2c1. The van der Waals surface area contributed by atoms with Gasteiger partial charge in [0.2, 0.25) is 0 Å². The molecule has 0 atom stereocenters. The first-order chi connectivity index (χ1) is 8.75. The Morgan fingerprint density at radius 1 is 0.667 bits per heavy atom. The van der Waals surface area contributed by atoms with Gasteiger partial charge in [0, 0.05) is 10.9 Å². The summed E-state index contributed by atoms with van der Waals surface area (Å²) in [5.41, 5.74) is 1.53. The van der Waals surface area contributed by atoms with Crippen molar-refractivity contribution in [2.45, 2.75) is 0 Å². The highest BCUT2D eigenvalue weighted by Gasteiger charge is 2.07. The molecule has 3 aromatic carbocycles. The lowest BCUT2D eigenvalue weighted by Crippen LogP contribution is -1.81. The highest BCUT2D eigenvalue weighted by molar-refractivity contribution is 5.93. The fourth-order valence-electron chi connectivity index (χ4n) is 2.16. The highest BCUT2D eigenvalue weighted by Crippen LogP contribution is 2.35. The number of rotatable bonds is 1. The summed E-state index contributed by atoms with van der Waals surface area (Å²) in [6, 6.07) is 18.4. The molecule has 0 bridgehead atoms. The first-order valence-corrected chi connectivity index (χ1v) is 5.76. The second kappa shape index (κ2) is 4.08. The molecule has 0 amide bonds. The molecule has 2 heteroatoms. The third kappa shape index (κ3) is 1.68. The summed E-state index contributed by atoms with van der Waals surface area (Å²) in [6.07, 6.45) is 0. The predicted molar refractivity (Wildman–Crippen MR) is 72.7 cm³/mol. The summed E-state index contributed by atoms with van der Waals surface area (Å²) < 4.78 is 0. The lowest BCUT2D eigenvalue weighted by atomic mass is 10.00. The molecule has 0 aliphatic heterocycles. The Bertz CT molecular complexity index is 717. The molecule has 0 saturated heterocycles. The van der Waals surface area contributed by atoms with Gasteiger partial charge < -0.3 is 10.2 Å². The maximum atomic E-state index is 10.0. The van der Waals surface area contributed by atoms with Crippen LogP contribution in [0.4, 0.5) is 0 Å². The number of aromatic hydroxyl groups is 2. The smallest absolute Gasteiger partial charge is 0.124 e. The van der Waals surface area contributed by atoms with E-state index in [1.165, 1.54) is 0 Å². The molecule has 0 aliphatic rings. The molecule has 0 saturated carbocycles. The highest BCUT2D eigenvalue weighted by atomic mass is 16.3. The second-order valence-electron chi connectivity index (χ2n) is 4.23. The number of hydrogen-bond acceptors (Lipinski definition) is 2. The number of para-hydroxylation sites is 1. The van der Waals surface area contributed by atoms with E-state index in [0.29, 0.717) is 0 Å². The third-order valence-corrected chi connectivity index (χ3v) is 3.06. The van der Waals surface area contributed by atoms with Crippen molar-refractivity contribution in [3.05, 3.63) is 60.7 Å². The first kappa shape index (κ1) is 10.7. The van der Waals surface area contributed by atoms with Crippen LogP contribution in [0.1, 0.15) is 0 Å². The van der Waals surface area contributed by atoms with E-state index in [-0.39, 0.29) is 11.5 Å². The minimum Gasteiger partial charge on any atom is -0.507 e. The van der Waals surface area contributed by atoms with Crippen molar-refractivity contribution in [1.82, 2.24) is 0 Å². The van der Waals surface area contributed by atoms with Crippen LogP contribution in [0.5, 0.6) is 11.5 Å². The van der Waals surface area contributed by atoms with Gasteiger partial charge in [-0.25, -0.2) is 0 Å². The Balaban J connectivity index is 2.28. The van der Waals surface area contributed by atoms with Gasteiger partial charge in [-0.15, -0.1) is 0 Å². The van der Waals surface area contributed by atoms with E-state index in [2.05, 4.69) is 0 Å². The van der Waals surface area contributed by atoms with E-state index < -0.39 is 0 Å². The molecule has 0 aliphatic carbocycles. The summed E-state index contributed by atoms with van der Waals surface area (Å²) in [5.74, 6) is 0.443. The van der Waals surface area contributed by atoms with E-state index in [9.17, 15) is 10.2 Å². The van der Waals surface area contributed by atoms with E-state index in [0.717, 1.165) is 21.9 Å². The van der Waals surface area contributed by atoms with Crippen LogP contribution in [0.2, 0.25) is 0 Å². The van der Waals surface area contributed by atoms with Crippen molar-refractivity contribution < 1.29 is 10.2 Å². The van der Waals surface area contributed by atoms with Crippen LogP contribution in [0.3, 0.4) is 0 Å². The Morgan fingerprint density at radius 2 is 1.39 bits per heavy atom. The summed E-state index contributed by atoms with van der Waals surface area (Å²) in [5, 5.41) is 21.6. The van der Waals surface area contributed by atoms with Crippen LogP contribution >= 0.6 is 0 Å². The molecule has 0 heterocycles. The van der Waals surface area contributed by atoms with Gasteiger partial charge in [-0.3, -0.25) is 0 Å². The lowest BCUT2D eigenvalue weighted by Gasteiger charge is -2.08. The second-order valence-corrected chi connectivity index (χ2v) is 4.23. The molecule has 0 spiro atoms. The molecule has 0 radical (unpaired) electrons. The summed E-state index contributed by atoms with van der Waals surface area (Å²) in [7, 11) is 0. The zero-order valence-corrected chi connectivity index (χ0v) is 9.67. The molecule has 0 unspecified atom stereocenters. The third-order valence-electron chi connectivity index (χ3n) is 3.06. The maximum Gasteiger partial charge on any atom is 0.124 e. The van der Waals surface area contributed by atoms with Crippen LogP contribution in [-0.4, -0.2) is 10.2 Å². The molecule has 0 fully saturated rings. The molecular weight excluding hydrogens is 224 g/mol. The minimum atomic E-state index is 0.215. The molecule has 18 heavy (non-hydrogen) atoms. The van der Waals surface area contributed by atoms with Gasteiger partial charge >= 0.3 is 0 Å². The van der Waals surface area contributed by atoms with Crippen LogP contribution in [-0.2, 0) is 0 Å². The summed E-state index contributed by atoms with van der Waals surface area (Å²) in [6.45, 7) is 0. The normalized spacial score (nSPS) is 10.7.